The molecule has 2 amide bonds. The van der Waals surface area contributed by atoms with Gasteiger partial charge < -0.3 is 4.90 Å². The van der Waals surface area contributed by atoms with E-state index in [4.69, 9.17) is 0 Å². The molecule has 7 heteroatoms. The van der Waals surface area contributed by atoms with Crippen molar-refractivity contribution in [1.29, 1.82) is 0 Å². The molecule has 6 nitrogen and oxygen atoms in total. The zero-order valence-electron chi connectivity index (χ0n) is 16.6. The molecule has 150 valence electrons. The molecule has 0 radical (unpaired) electrons. The monoisotopic (exact) mass is 401 g/mol. The highest BCUT2D eigenvalue weighted by atomic mass is 32.2. The van der Waals surface area contributed by atoms with Crippen molar-refractivity contribution in [2.75, 3.05) is 39.1 Å². The van der Waals surface area contributed by atoms with Crippen LogP contribution in [0.4, 0.5) is 10.5 Å². The van der Waals surface area contributed by atoms with Gasteiger partial charge in [-0.15, -0.1) is 0 Å². The normalized spacial score (nSPS) is 13.6. The van der Waals surface area contributed by atoms with Crippen LogP contribution < -0.4 is 4.90 Å². The number of hydrogen-bond donors (Lipinski definition) is 0. The van der Waals surface area contributed by atoms with Crippen molar-refractivity contribution in [3.63, 3.8) is 0 Å². The molecule has 2 aromatic carbocycles. The summed E-state index contributed by atoms with van der Waals surface area (Å²) in [5.41, 5.74) is 2.97. The summed E-state index contributed by atoms with van der Waals surface area (Å²) in [5, 5.41) is 0. The first-order valence-electron chi connectivity index (χ1n) is 9.42. The molecule has 1 aliphatic heterocycles. The Labute approximate surface area is 167 Å². The second-order valence-electron chi connectivity index (χ2n) is 7.27. The van der Waals surface area contributed by atoms with Crippen molar-refractivity contribution in [2.24, 2.45) is 0 Å². The maximum absolute atomic E-state index is 12.9. The summed E-state index contributed by atoms with van der Waals surface area (Å²) in [5.74, 6) is 0. The molecule has 0 aliphatic carbocycles. The smallest absolute Gasteiger partial charge is 0.324 e. The van der Waals surface area contributed by atoms with Gasteiger partial charge in [0, 0.05) is 39.9 Å². The maximum atomic E-state index is 12.9. The van der Waals surface area contributed by atoms with Gasteiger partial charge in [0.2, 0.25) is 10.0 Å². The van der Waals surface area contributed by atoms with Crippen LogP contribution in [0.25, 0.3) is 0 Å². The molecule has 0 aromatic heterocycles. The lowest BCUT2D eigenvalue weighted by Gasteiger charge is -2.25. The van der Waals surface area contributed by atoms with Crippen LogP contribution in [-0.4, -0.2) is 57.9 Å². The Hall–Kier alpha value is -2.38. The molecule has 28 heavy (non-hydrogen) atoms. The lowest BCUT2D eigenvalue weighted by molar-refractivity contribution is 0.215. The van der Waals surface area contributed by atoms with E-state index in [0.717, 1.165) is 24.1 Å². The molecule has 1 aliphatic rings. The average Bonchev–Trinajstić information content (AvgIpc) is 3.11. The van der Waals surface area contributed by atoms with Gasteiger partial charge in [-0.2, -0.15) is 0 Å². The van der Waals surface area contributed by atoms with Crippen molar-refractivity contribution in [3.8, 4) is 0 Å². The standard InChI is InChI=1S/C21H27N3O3S/c1-22(2)28(26,27)19-11-12-20-18(16-19)13-15-24(20)21(25)23(3)14-7-10-17-8-5-4-6-9-17/h4-6,8-9,11-12,16H,7,10,13-15H2,1-3H3. The highest BCUT2D eigenvalue weighted by Gasteiger charge is 2.28. The van der Waals surface area contributed by atoms with Gasteiger partial charge in [-0.25, -0.2) is 17.5 Å². The van der Waals surface area contributed by atoms with Crippen LogP contribution >= 0.6 is 0 Å². The number of aryl methyl sites for hydroxylation is 1. The molecule has 0 bridgehead atoms. The van der Waals surface area contributed by atoms with E-state index < -0.39 is 10.0 Å². The minimum Gasteiger partial charge on any atom is -0.327 e. The number of rotatable bonds is 6. The van der Waals surface area contributed by atoms with Gasteiger partial charge in [-0.05, 0) is 48.6 Å². The largest absolute Gasteiger partial charge is 0.327 e. The van der Waals surface area contributed by atoms with Crippen LogP contribution in [0, 0.1) is 0 Å². The van der Waals surface area contributed by atoms with Gasteiger partial charge in [0.05, 0.1) is 4.90 Å². The van der Waals surface area contributed by atoms with Crippen LogP contribution in [0.15, 0.2) is 53.4 Å². The van der Waals surface area contributed by atoms with Gasteiger partial charge in [0.1, 0.15) is 0 Å². The topological polar surface area (TPSA) is 60.9 Å². The summed E-state index contributed by atoms with van der Waals surface area (Å²) in [6, 6.07) is 15.2. The summed E-state index contributed by atoms with van der Waals surface area (Å²) in [4.78, 5) is 16.6. The zero-order chi connectivity index (χ0) is 20.3. The summed E-state index contributed by atoms with van der Waals surface area (Å²) in [6.07, 6.45) is 2.49. The SMILES string of the molecule is CN(CCCc1ccccc1)C(=O)N1CCc2cc(S(=O)(=O)N(C)C)ccc21. The fraction of sp³-hybridized carbons (Fsp3) is 0.381. The van der Waals surface area contributed by atoms with E-state index in [0.29, 0.717) is 19.5 Å². The van der Waals surface area contributed by atoms with Crippen LogP contribution in [0.2, 0.25) is 0 Å². The molecular formula is C21H27N3O3S. The molecular weight excluding hydrogens is 374 g/mol. The number of amides is 2. The van der Waals surface area contributed by atoms with E-state index in [9.17, 15) is 13.2 Å². The van der Waals surface area contributed by atoms with Crippen LogP contribution in [0.5, 0.6) is 0 Å². The molecule has 0 fully saturated rings. The van der Waals surface area contributed by atoms with E-state index in [-0.39, 0.29) is 10.9 Å². The number of benzene rings is 2. The Kier molecular flexibility index (Phi) is 6.05. The first-order chi connectivity index (χ1) is 13.3. The van der Waals surface area contributed by atoms with Gasteiger partial charge in [0.25, 0.3) is 0 Å². The second-order valence-corrected chi connectivity index (χ2v) is 9.42. The van der Waals surface area contributed by atoms with E-state index in [1.54, 1.807) is 28.0 Å². The summed E-state index contributed by atoms with van der Waals surface area (Å²) in [6.45, 7) is 1.25. The van der Waals surface area contributed by atoms with Crippen molar-refractivity contribution in [3.05, 3.63) is 59.7 Å². The van der Waals surface area contributed by atoms with Crippen LogP contribution in [-0.2, 0) is 22.9 Å². The third-order valence-corrected chi connectivity index (χ3v) is 6.90. The number of urea groups is 1. The highest BCUT2D eigenvalue weighted by molar-refractivity contribution is 7.89. The van der Waals surface area contributed by atoms with E-state index in [1.807, 2.05) is 25.2 Å². The lowest BCUT2D eigenvalue weighted by atomic mass is 10.1. The number of nitrogens with zero attached hydrogens (tertiary/aromatic N) is 3. The quantitative estimate of drug-likeness (QED) is 0.748. The van der Waals surface area contributed by atoms with Crippen molar-refractivity contribution in [1.82, 2.24) is 9.21 Å². The third-order valence-electron chi connectivity index (χ3n) is 5.08. The second kappa shape index (κ2) is 8.32. The summed E-state index contributed by atoms with van der Waals surface area (Å²) in [7, 11) is 1.38. The zero-order valence-corrected chi connectivity index (χ0v) is 17.4. The fourth-order valence-electron chi connectivity index (χ4n) is 3.41. The molecule has 2 aromatic rings. The van der Waals surface area contributed by atoms with Gasteiger partial charge in [0.15, 0.2) is 0 Å². The fourth-order valence-corrected chi connectivity index (χ4v) is 4.37. The minimum absolute atomic E-state index is 0.0463. The third kappa shape index (κ3) is 4.20. The molecule has 1 heterocycles. The Morgan fingerprint density at radius 3 is 2.46 bits per heavy atom. The van der Waals surface area contributed by atoms with E-state index in [2.05, 4.69) is 12.1 Å². The number of hydrogen-bond acceptors (Lipinski definition) is 3. The summed E-state index contributed by atoms with van der Waals surface area (Å²) >= 11 is 0. The highest BCUT2D eigenvalue weighted by Crippen LogP contribution is 2.31. The molecule has 0 saturated heterocycles. The number of fused-ring (bicyclic) bond motifs is 1. The van der Waals surface area contributed by atoms with Crippen molar-refractivity contribution in [2.45, 2.75) is 24.2 Å². The average molecular weight is 402 g/mol. The van der Waals surface area contributed by atoms with Gasteiger partial charge >= 0.3 is 6.03 Å². The maximum Gasteiger partial charge on any atom is 0.324 e. The molecule has 0 N–H and O–H groups in total. The molecule has 0 unspecified atom stereocenters. The molecule has 0 atom stereocenters. The number of carbonyl (C=O) groups is 1. The van der Waals surface area contributed by atoms with Gasteiger partial charge in [-0.3, -0.25) is 4.90 Å². The minimum atomic E-state index is -3.47. The lowest BCUT2D eigenvalue weighted by Crippen LogP contribution is -2.40. The van der Waals surface area contributed by atoms with Gasteiger partial charge in [-0.1, -0.05) is 30.3 Å². The van der Waals surface area contributed by atoms with E-state index >= 15 is 0 Å². The molecule has 3 rings (SSSR count). The Morgan fingerprint density at radius 1 is 1.07 bits per heavy atom. The van der Waals surface area contributed by atoms with Crippen molar-refractivity contribution < 1.29 is 13.2 Å². The number of sulfonamides is 1. The predicted molar refractivity (Wildman–Crippen MR) is 111 cm³/mol. The first kappa shape index (κ1) is 20.4. The van der Waals surface area contributed by atoms with Crippen LogP contribution in [0.1, 0.15) is 17.5 Å². The van der Waals surface area contributed by atoms with Crippen molar-refractivity contribution >= 4 is 21.7 Å². The molecule has 0 saturated carbocycles. The van der Waals surface area contributed by atoms with E-state index in [1.165, 1.54) is 24.0 Å². The number of carbonyl (C=O) groups excluding carboxylic acids is 1. The Morgan fingerprint density at radius 2 is 1.79 bits per heavy atom. The predicted octanol–water partition coefficient (Wildman–Crippen LogP) is 2.98. The first-order valence-corrected chi connectivity index (χ1v) is 10.9. The Bertz CT molecular complexity index is 943. The van der Waals surface area contributed by atoms with Crippen LogP contribution in [0.3, 0.4) is 0 Å². The summed E-state index contributed by atoms with van der Waals surface area (Å²) < 4.78 is 25.9. The molecule has 0 spiro atoms. The Balaban J connectivity index is 1.65. The number of anilines is 1.